The molecule has 0 saturated carbocycles. The molecule has 11 heteroatoms. The highest BCUT2D eigenvalue weighted by Crippen LogP contribution is 2.31. The number of carbonyl (C=O) groups is 2. The number of H-pyrrole nitrogens is 1. The minimum atomic E-state index is -0.807. The Balaban J connectivity index is 1.44. The molecule has 1 aliphatic heterocycles. The molecule has 202 valence electrons. The monoisotopic (exact) mass is 557 g/mol. The topological polar surface area (TPSA) is 118 Å². The summed E-state index contributed by atoms with van der Waals surface area (Å²) in [6.45, 7) is 2.36. The summed E-state index contributed by atoms with van der Waals surface area (Å²) in [6.07, 6.45) is 1.66. The van der Waals surface area contributed by atoms with Crippen LogP contribution in [0.5, 0.6) is 11.5 Å². The highest BCUT2D eigenvalue weighted by molar-refractivity contribution is 8.14. The maximum Gasteiger partial charge on any atom is 0.438 e. The fraction of sp³-hybridized carbons (Fsp3) is 0.138. The number of nitrogens with one attached hydrogen (secondary N) is 1. The van der Waals surface area contributed by atoms with Gasteiger partial charge in [0.05, 0.1) is 25.2 Å². The lowest BCUT2D eigenvalue weighted by Gasteiger charge is -2.17. The number of ketones is 1. The van der Waals surface area contributed by atoms with Crippen LogP contribution in [0.4, 0.5) is 5.69 Å². The van der Waals surface area contributed by atoms with E-state index in [1.54, 1.807) is 49.6 Å². The summed E-state index contributed by atoms with van der Waals surface area (Å²) in [5.41, 5.74) is 1.02. The maximum atomic E-state index is 13.5. The van der Waals surface area contributed by atoms with Crippen molar-refractivity contribution in [1.29, 1.82) is 0 Å². The smallest absolute Gasteiger partial charge is 0.438 e. The molecule has 0 bridgehead atoms. The molecule has 1 amide bonds. The van der Waals surface area contributed by atoms with Crippen LogP contribution < -0.4 is 24.7 Å². The predicted molar refractivity (Wildman–Crippen MR) is 151 cm³/mol. The van der Waals surface area contributed by atoms with E-state index in [1.165, 1.54) is 9.58 Å². The van der Waals surface area contributed by atoms with E-state index in [9.17, 15) is 14.4 Å². The molecule has 0 spiro atoms. The number of hydrogen-bond donors (Lipinski definition) is 1. The van der Waals surface area contributed by atoms with Gasteiger partial charge in [0.1, 0.15) is 17.2 Å². The van der Waals surface area contributed by atoms with Gasteiger partial charge in [0, 0.05) is 17.7 Å². The highest BCUT2D eigenvalue weighted by Gasteiger charge is 2.35. The molecule has 0 aliphatic carbocycles. The lowest BCUT2D eigenvalue weighted by Crippen LogP contribution is -2.41. The third kappa shape index (κ3) is 5.45. The molecule has 0 unspecified atom stereocenters. The Hall–Kier alpha value is -4.90. The number of para-hydroxylation sites is 2. The Morgan fingerprint density at radius 1 is 1.05 bits per heavy atom. The van der Waals surface area contributed by atoms with Gasteiger partial charge in [0.25, 0.3) is 5.91 Å². The van der Waals surface area contributed by atoms with Crippen LogP contribution in [0.1, 0.15) is 23.0 Å². The fourth-order valence-corrected chi connectivity index (χ4v) is 4.93. The van der Waals surface area contributed by atoms with Crippen LogP contribution in [-0.2, 0) is 4.79 Å². The number of anilines is 1. The van der Waals surface area contributed by atoms with E-state index < -0.39 is 11.4 Å². The number of amidine groups is 1. The van der Waals surface area contributed by atoms with Gasteiger partial charge < -0.3 is 9.47 Å². The van der Waals surface area contributed by atoms with E-state index >= 15 is 0 Å². The van der Waals surface area contributed by atoms with E-state index in [-0.39, 0.29) is 23.1 Å². The number of Topliss-reactive ketones (excluding diaryl/α,β-unsaturated/α-hetero) is 1. The second kappa shape index (κ2) is 11.9. The quantitative estimate of drug-likeness (QED) is 0.188. The van der Waals surface area contributed by atoms with Crippen LogP contribution in [-0.4, -0.2) is 41.6 Å². The molecule has 2 heterocycles. The van der Waals surface area contributed by atoms with Crippen molar-refractivity contribution in [2.24, 2.45) is 4.99 Å². The molecule has 0 fully saturated rings. The van der Waals surface area contributed by atoms with Crippen LogP contribution in [0.15, 0.2) is 98.9 Å². The highest BCUT2D eigenvalue weighted by atomic mass is 32.2. The summed E-state index contributed by atoms with van der Waals surface area (Å²) in [5.74, 6) is 0.235. The summed E-state index contributed by atoms with van der Waals surface area (Å²) in [4.78, 5) is 45.3. The van der Waals surface area contributed by atoms with Crippen LogP contribution in [0, 0.1) is 0 Å². The number of rotatable bonds is 9. The molecule has 1 aromatic heterocycles. The number of thioether (sulfide) groups is 1. The van der Waals surface area contributed by atoms with Gasteiger partial charge in [0.2, 0.25) is 11.5 Å². The third-order valence-corrected chi connectivity index (χ3v) is 6.87. The number of nitrogens with zero attached hydrogens (tertiary/aromatic N) is 3. The van der Waals surface area contributed by atoms with Gasteiger partial charge in [-0.05, 0) is 53.3 Å². The molecule has 0 radical (unpaired) electrons. The molecular formula is C29H25N4O6S+. The maximum absolute atomic E-state index is 13.5. The zero-order chi connectivity index (χ0) is 28.1. The normalized spacial score (nSPS) is 13.9. The molecule has 40 heavy (non-hydrogen) atoms. The van der Waals surface area contributed by atoms with Crippen LogP contribution in [0.3, 0.4) is 0 Å². The molecule has 0 atom stereocenters. The van der Waals surface area contributed by atoms with E-state index in [2.05, 4.69) is 10.3 Å². The van der Waals surface area contributed by atoms with Crippen molar-refractivity contribution < 1.29 is 28.3 Å². The lowest BCUT2D eigenvalue weighted by atomic mass is 10.1. The minimum Gasteiger partial charge on any atom is -0.497 e. The Labute approximate surface area is 233 Å². The third-order valence-electron chi connectivity index (χ3n) is 5.93. The van der Waals surface area contributed by atoms with Crippen molar-refractivity contribution in [3.05, 3.63) is 106 Å². The van der Waals surface area contributed by atoms with Crippen molar-refractivity contribution in [2.45, 2.75) is 6.92 Å². The first-order valence-corrected chi connectivity index (χ1v) is 13.3. The largest absolute Gasteiger partial charge is 0.497 e. The standard InChI is InChI=1S/C29H24N4O6S/c1-3-38-25-12-8-7-9-19(25)17-23-27(35)32(20-10-5-4-6-11-20)29(30-23)40-18-24(34)26-28(36)39-31-33(26)21-13-15-22(37-2)16-14-21/h4-17H,3,18H2,1-2H3/p+1/b23-17+. The number of amides is 1. The predicted octanol–water partition coefficient (Wildman–Crippen LogP) is 4.01. The fourth-order valence-electron chi connectivity index (χ4n) is 4.05. The molecular weight excluding hydrogens is 532 g/mol. The van der Waals surface area contributed by atoms with Gasteiger partial charge in [-0.3, -0.25) is 19.0 Å². The average Bonchev–Trinajstić information content (AvgIpc) is 3.52. The van der Waals surface area contributed by atoms with Gasteiger partial charge in [-0.15, -0.1) is 0 Å². The molecule has 1 N–H and O–H groups in total. The van der Waals surface area contributed by atoms with Gasteiger partial charge >= 0.3 is 11.3 Å². The van der Waals surface area contributed by atoms with Crippen molar-refractivity contribution in [2.75, 3.05) is 24.4 Å². The number of ether oxygens (including phenoxy) is 2. The molecule has 4 aromatic rings. The SMILES string of the molecule is CCOc1ccccc1/C=C1/N=C(SCC(=O)c2c(=O)o[nH][n+]2-c2ccc(OC)cc2)N(c2ccccc2)C1=O. The molecule has 1 aliphatic rings. The van der Waals surface area contributed by atoms with Gasteiger partial charge in [-0.1, -0.05) is 48.2 Å². The summed E-state index contributed by atoms with van der Waals surface area (Å²) in [6, 6.07) is 23.2. The Morgan fingerprint density at radius 3 is 2.50 bits per heavy atom. The zero-order valence-corrected chi connectivity index (χ0v) is 22.5. The zero-order valence-electron chi connectivity index (χ0n) is 21.7. The molecule has 5 rings (SSSR count). The van der Waals surface area contributed by atoms with E-state index in [4.69, 9.17) is 14.0 Å². The molecule has 3 aromatic carbocycles. The second-order valence-electron chi connectivity index (χ2n) is 8.45. The first-order chi connectivity index (χ1) is 19.5. The molecule has 0 saturated heterocycles. The van der Waals surface area contributed by atoms with E-state index in [1.807, 2.05) is 49.4 Å². The minimum absolute atomic E-state index is 0.170. The Morgan fingerprint density at radius 2 is 1.77 bits per heavy atom. The number of aromatic nitrogens is 2. The Bertz CT molecular complexity index is 1660. The van der Waals surface area contributed by atoms with Crippen molar-refractivity contribution in [3.8, 4) is 17.2 Å². The van der Waals surface area contributed by atoms with Crippen LogP contribution >= 0.6 is 11.8 Å². The summed E-state index contributed by atoms with van der Waals surface area (Å²) < 4.78 is 17.1. The summed E-state index contributed by atoms with van der Waals surface area (Å²) in [7, 11) is 1.54. The lowest BCUT2D eigenvalue weighted by molar-refractivity contribution is -0.672. The van der Waals surface area contributed by atoms with Gasteiger partial charge in [-0.25, -0.2) is 9.79 Å². The first-order valence-electron chi connectivity index (χ1n) is 12.4. The number of hydrogen-bond acceptors (Lipinski definition) is 8. The molecule has 10 nitrogen and oxygen atoms in total. The number of methoxy groups -OCH3 is 1. The summed E-state index contributed by atoms with van der Waals surface area (Å²) >= 11 is 1.05. The Kier molecular flexibility index (Phi) is 7.92. The van der Waals surface area contributed by atoms with Crippen LogP contribution in [0.25, 0.3) is 11.8 Å². The van der Waals surface area contributed by atoms with Crippen molar-refractivity contribution in [3.63, 3.8) is 0 Å². The average molecular weight is 558 g/mol. The van der Waals surface area contributed by atoms with E-state index in [0.29, 0.717) is 40.2 Å². The van der Waals surface area contributed by atoms with Gasteiger partial charge in [0.15, 0.2) is 5.17 Å². The number of carbonyl (C=O) groups excluding carboxylic acids is 2. The second-order valence-corrected chi connectivity index (χ2v) is 9.39. The van der Waals surface area contributed by atoms with Gasteiger partial charge in [-0.2, -0.15) is 0 Å². The summed E-state index contributed by atoms with van der Waals surface area (Å²) in [5, 5.41) is 2.78. The number of aromatic amines is 1. The van der Waals surface area contributed by atoms with E-state index in [0.717, 1.165) is 11.8 Å². The van der Waals surface area contributed by atoms with Crippen LogP contribution in [0.2, 0.25) is 0 Å². The van der Waals surface area contributed by atoms with Crippen molar-refractivity contribution >= 4 is 40.4 Å². The number of benzene rings is 3. The first kappa shape index (κ1) is 26.7. The van der Waals surface area contributed by atoms with Crippen molar-refractivity contribution in [1.82, 2.24) is 5.27 Å². The number of aliphatic imine (C=N–C) groups is 1.